The normalized spacial score (nSPS) is 17.6. The number of nitrogens with zero attached hydrogens (tertiary/aromatic N) is 2. The van der Waals surface area contributed by atoms with Gasteiger partial charge in [-0.3, -0.25) is 14.6 Å². The van der Waals surface area contributed by atoms with Gasteiger partial charge in [0.1, 0.15) is 6.61 Å². The Hall–Kier alpha value is -1.95. The zero-order valence-electron chi connectivity index (χ0n) is 14.0. The van der Waals surface area contributed by atoms with E-state index in [-0.39, 0.29) is 24.3 Å². The highest BCUT2D eigenvalue weighted by Gasteiger charge is 2.30. The summed E-state index contributed by atoms with van der Waals surface area (Å²) < 4.78 is 4.90. The molecule has 1 fully saturated rings. The van der Waals surface area contributed by atoms with Crippen LogP contribution in [0.1, 0.15) is 42.2 Å². The summed E-state index contributed by atoms with van der Waals surface area (Å²) in [5.74, 6) is 0.379. The topological polar surface area (TPSA) is 71.5 Å². The van der Waals surface area contributed by atoms with Gasteiger partial charge in [0, 0.05) is 38.9 Å². The highest BCUT2D eigenvalue weighted by molar-refractivity contribution is 5.95. The van der Waals surface area contributed by atoms with Crippen molar-refractivity contribution in [3.8, 4) is 0 Å². The van der Waals surface area contributed by atoms with Crippen molar-refractivity contribution in [1.29, 1.82) is 0 Å². The number of aromatic nitrogens is 1. The third kappa shape index (κ3) is 4.51. The number of nitrogens with one attached hydrogen (secondary N) is 1. The van der Waals surface area contributed by atoms with Crippen molar-refractivity contribution in [3.05, 3.63) is 29.6 Å². The first-order valence-corrected chi connectivity index (χ1v) is 8.02. The highest BCUT2D eigenvalue weighted by atomic mass is 16.5. The fraction of sp³-hybridized carbons (Fsp3) is 0.588. The van der Waals surface area contributed by atoms with E-state index in [0.717, 1.165) is 12.1 Å². The summed E-state index contributed by atoms with van der Waals surface area (Å²) in [6, 6.07) is 3.58. The molecule has 0 aliphatic carbocycles. The van der Waals surface area contributed by atoms with Crippen LogP contribution in [-0.4, -0.2) is 55.0 Å². The molecule has 2 amide bonds. The first kappa shape index (κ1) is 17.4. The first-order chi connectivity index (χ1) is 11.0. The van der Waals surface area contributed by atoms with Gasteiger partial charge < -0.3 is 15.0 Å². The molecule has 0 bridgehead atoms. The van der Waals surface area contributed by atoms with Gasteiger partial charge in [0.15, 0.2) is 0 Å². The Kier molecular flexibility index (Phi) is 6.10. The third-order valence-electron chi connectivity index (χ3n) is 3.95. The van der Waals surface area contributed by atoms with Crippen LogP contribution in [0.5, 0.6) is 0 Å². The molecule has 6 nitrogen and oxygen atoms in total. The van der Waals surface area contributed by atoms with E-state index in [9.17, 15) is 9.59 Å². The van der Waals surface area contributed by atoms with Gasteiger partial charge in [0.2, 0.25) is 5.91 Å². The Morgan fingerprint density at radius 2 is 2.26 bits per heavy atom. The number of hydrogen-bond donors (Lipinski definition) is 1. The molecule has 126 valence electrons. The van der Waals surface area contributed by atoms with E-state index >= 15 is 0 Å². The van der Waals surface area contributed by atoms with Crippen molar-refractivity contribution in [1.82, 2.24) is 15.2 Å². The van der Waals surface area contributed by atoms with E-state index in [1.807, 2.05) is 0 Å². The first-order valence-electron chi connectivity index (χ1n) is 8.02. The second-order valence-electron chi connectivity index (χ2n) is 6.30. The SMILES string of the molecule is COCC(=O)N1CCC(c2ncccc2C(=O)NCC(C)C)C1. The third-order valence-corrected chi connectivity index (χ3v) is 3.95. The number of rotatable bonds is 6. The lowest BCUT2D eigenvalue weighted by Crippen LogP contribution is -2.32. The number of amides is 2. The molecule has 1 aliphatic rings. The smallest absolute Gasteiger partial charge is 0.253 e. The lowest BCUT2D eigenvalue weighted by Gasteiger charge is -2.17. The van der Waals surface area contributed by atoms with Crippen LogP contribution in [0.4, 0.5) is 0 Å². The molecule has 2 rings (SSSR count). The molecular formula is C17H25N3O3. The van der Waals surface area contributed by atoms with Crippen molar-refractivity contribution < 1.29 is 14.3 Å². The Balaban J connectivity index is 2.09. The van der Waals surface area contributed by atoms with Crippen molar-refractivity contribution in [3.63, 3.8) is 0 Å². The van der Waals surface area contributed by atoms with Crippen LogP contribution in [0.3, 0.4) is 0 Å². The number of likely N-dealkylation sites (tertiary alicyclic amines) is 1. The summed E-state index contributed by atoms with van der Waals surface area (Å²) in [5.41, 5.74) is 1.39. The number of pyridine rings is 1. The predicted molar refractivity (Wildman–Crippen MR) is 87.2 cm³/mol. The highest BCUT2D eigenvalue weighted by Crippen LogP contribution is 2.28. The maximum atomic E-state index is 12.4. The fourth-order valence-corrected chi connectivity index (χ4v) is 2.75. The van der Waals surface area contributed by atoms with Crippen molar-refractivity contribution >= 4 is 11.8 Å². The Labute approximate surface area is 137 Å². The van der Waals surface area contributed by atoms with Gasteiger partial charge in [0.05, 0.1) is 11.3 Å². The van der Waals surface area contributed by atoms with Gasteiger partial charge >= 0.3 is 0 Å². The number of hydrogen-bond acceptors (Lipinski definition) is 4. The summed E-state index contributed by atoms with van der Waals surface area (Å²) in [4.78, 5) is 30.5. The quantitative estimate of drug-likeness (QED) is 0.861. The molecule has 0 saturated carbocycles. The van der Waals surface area contributed by atoms with E-state index in [2.05, 4.69) is 24.1 Å². The minimum Gasteiger partial charge on any atom is -0.375 e. The molecule has 1 aromatic rings. The van der Waals surface area contributed by atoms with Gasteiger partial charge in [-0.15, -0.1) is 0 Å². The van der Waals surface area contributed by atoms with Crippen LogP contribution in [0.15, 0.2) is 18.3 Å². The molecule has 1 unspecified atom stereocenters. The molecule has 23 heavy (non-hydrogen) atoms. The van der Waals surface area contributed by atoms with Crippen LogP contribution in [0, 0.1) is 5.92 Å². The van der Waals surface area contributed by atoms with Gasteiger partial charge in [-0.1, -0.05) is 13.8 Å². The van der Waals surface area contributed by atoms with E-state index in [0.29, 0.717) is 31.1 Å². The zero-order valence-corrected chi connectivity index (χ0v) is 14.0. The Bertz CT molecular complexity index is 560. The monoisotopic (exact) mass is 319 g/mol. The maximum Gasteiger partial charge on any atom is 0.253 e. The van der Waals surface area contributed by atoms with Gasteiger partial charge in [-0.2, -0.15) is 0 Å². The molecule has 2 heterocycles. The minimum absolute atomic E-state index is 0.0169. The number of carbonyl (C=O) groups is 2. The van der Waals surface area contributed by atoms with Gasteiger partial charge in [0.25, 0.3) is 5.91 Å². The molecule has 0 radical (unpaired) electrons. The standard InChI is InChI=1S/C17H25N3O3/c1-12(2)9-19-17(22)14-5-4-7-18-16(14)13-6-8-20(10-13)15(21)11-23-3/h4-5,7,12-13H,6,8-11H2,1-3H3,(H,19,22). The molecule has 0 aromatic carbocycles. The molecule has 0 spiro atoms. The van der Waals surface area contributed by atoms with Crippen molar-refractivity contribution in [2.75, 3.05) is 33.4 Å². The lowest BCUT2D eigenvalue weighted by molar-refractivity contribution is -0.134. The molecule has 1 aromatic heterocycles. The summed E-state index contributed by atoms with van der Waals surface area (Å²) in [7, 11) is 1.52. The van der Waals surface area contributed by atoms with Crippen LogP contribution in [-0.2, 0) is 9.53 Å². The van der Waals surface area contributed by atoms with Crippen LogP contribution in [0.2, 0.25) is 0 Å². The molecule has 1 N–H and O–H groups in total. The Morgan fingerprint density at radius 3 is 2.96 bits per heavy atom. The largest absolute Gasteiger partial charge is 0.375 e. The summed E-state index contributed by atoms with van der Waals surface area (Å²) in [6.07, 6.45) is 2.52. The van der Waals surface area contributed by atoms with E-state index < -0.39 is 0 Å². The van der Waals surface area contributed by atoms with E-state index in [1.54, 1.807) is 23.2 Å². The average Bonchev–Trinajstić information content (AvgIpc) is 3.02. The second-order valence-corrected chi connectivity index (χ2v) is 6.30. The van der Waals surface area contributed by atoms with E-state index in [1.165, 1.54) is 7.11 Å². The number of carbonyl (C=O) groups excluding carboxylic acids is 2. The lowest BCUT2D eigenvalue weighted by atomic mass is 9.98. The van der Waals surface area contributed by atoms with E-state index in [4.69, 9.17) is 4.74 Å². The van der Waals surface area contributed by atoms with Gasteiger partial charge in [-0.05, 0) is 24.5 Å². The fourth-order valence-electron chi connectivity index (χ4n) is 2.75. The molecule has 1 saturated heterocycles. The predicted octanol–water partition coefficient (Wildman–Crippen LogP) is 1.43. The molecule has 1 aliphatic heterocycles. The van der Waals surface area contributed by atoms with Gasteiger partial charge in [-0.25, -0.2) is 0 Å². The van der Waals surface area contributed by atoms with Crippen molar-refractivity contribution in [2.24, 2.45) is 5.92 Å². The van der Waals surface area contributed by atoms with Crippen LogP contribution in [0.25, 0.3) is 0 Å². The van der Waals surface area contributed by atoms with Crippen LogP contribution >= 0.6 is 0 Å². The number of methoxy groups -OCH3 is 1. The summed E-state index contributed by atoms with van der Waals surface area (Å²) in [5, 5.41) is 2.94. The maximum absolute atomic E-state index is 12.4. The Morgan fingerprint density at radius 1 is 1.48 bits per heavy atom. The molecule has 6 heteroatoms. The zero-order chi connectivity index (χ0) is 16.8. The average molecular weight is 319 g/mol. The number of ether oxygens (including phenoxy) is 1. The van der Waals surface area contributed by atoms with Crippen LogP contribution < -0.4 is 5.32 Å². The molecular weight excluding hydrogens is 294 g/mol. The van der Waals surface area contributed by atoms with Crippen molar-refractivity contribution in [2.45, 2.75) is 26.2 Å². The second kappa shape index (κ2) is 8.06. The minimum atomic E-state index is -0.0940. The summed E-state index contributed by atoms with van der Waals surface area (Å²) in [6.45, 7) is 6.11. The molecule has 1 atom stereocenters. The summed E-state index contributed by atoms with van der Waals surface area (Å²) >= 11 is 0.